The van der Waals surface area contributed by atoms with Crippen molar-refractivity contribution in [2.45, 2.75) is 19.4 Å². The van der Waals surface area contributed by atoms with E-state index in [1.54, 1.807) is 12.1 Å². The average molecular weight is 392 g/mol. The largest absolute Gasteiger partial charge is 0.469 e. The molecule has 1 aromatic heterocycles. The fourth-order valence-corrected chi connectivity index (χ4v) is 2.38. The molecule has 1 N–H and O–H groups in total. The molecular weight excluding hydrogens is 374 g/mol. The number of esters is 1. The van der Waals surface area contributed by atoms with E-state index in [0.29, 0.717) is 5.76 Å². The first-order valence-electron chi connectivity index (χ1n) is 7.35. The highest BCUT2D eigenvalue weighted by Gasteiger charge is 2.18. The summed E-state index contributed by atoms with van der Waals surface area (Å²) in [7, 11) is 1.32. The lowest BCUT2D eigenvalue weighted by molar-refractivity contribution is -0.141. The van der Waals surface area contributed by atoms with Gasteiger partial charge in [-0.15, -0.1) is 0 Å². The third-order valence-electron chi connectivity index (χ3n) is 3.35. The number of rotatable bonds is 6. The van der Waals surface area contributed by atoms with E-state index in [0.717, 1.165) is 15.8 Å². The monoisotopic (exact) mass is 391 g/mol. The van der Waals surface area contributed by atoms with Crippen molar-refractivity contribution in [3.8, 4) is 0 Å². The predicted octanol–water partition coefficient (Wildman–Crippen LogP) is 3.78. The van der Waals surface area contributed by atoms with Gasteiger partial charge in [0.2, 0.25) is 5.91 Å². The Hall–Kier alpha value is -2.34. The number of ether oxygens (including phenoxy) is 1. The molecule has 1 atom stereocenters. The van der Waals surface area contributed by atoms with Crippen LogP contribution in [0.5, 0.6) is 0 Å². The maximum atomic E-state index is 12.1. The lowest BCUT2D eigenvalue weighted by Gasteiger charge is -2.17. The molecule has 6 heteroatoms. The van der Waals surface area contributed by atoms with Crippen LogP contribution >= 0.6 is 15.9 Å². The van der Waals surface area contributed by atoms with Crippen molar-refractivity contribution >= 4 is 33.9 Å². The van der Waals surface area contributed by atoms with Crippen LogP contribution in [0.15, 0.2) is 51.4 Å². The van der Waals surface area contributed by atoms with Crippen LogP contribution in [0.2, 0.25) is 0 Å². The molecule has 1 unspecified atom stereocenters. The molecule has 1 aromatic carbocycles. The molecule has 0 radical (unpaired) electrons. The van der Waals surface area contributed by atoms with Crippen molar-refractivity contribution in [1.29, 1.82) is 0 Å². The molecule has 1 heterocycles. The number of carbonyl (C=O) groups is 2. The quantitative estimate of drug-likeness (QED) is 0.600. The first-order valence-corrected chi connectivity index (χ1v) is 8.14. The van der Waals surface area contributed by atoms with Crippen LogP contribution < -0.4 is 5.32 Å². The van der Waals surface area contributed by atoms with Crippen molar-refractivity contribution in [2.24, 2.45) is 0 Å². The topological polar surface area (TPSA) is 68.5 Å². The molecule has 0 fully saturated rings. The zero-order valence-corrected chi connectivity index (χ0v) is 15.0. The van der Waals surface area contributed by atoms with Crippen LogP contribution in [0, 0.1) is 6.92 Å². The van der Waals surface area contributed by atoms with Crippen molar-refractivity contribution < 1.29 is 18.7 Å². The Morgan fingerprint density at radius 1 is 1.25 bits per heavy atom. The van der Waals surface area contributed by atoms with E-state index in [4.69, 9.17) is 9.15 Å². The summed E-state index contributed by atoms with van der Waals surface area (Å²) in [6, 6.07) is 10.5. The Kier molecular flexibility index (Phi) is 6.37. The number of carbonyl (C=O) groups excluding carboxylic acids is 2. The lowest BCUT2D eigenvalue weighted by Crippen LogP contribution is -2.29. The molecule has 0 saturated heterocycles. The smallest absolute Gasteiger partial charge is 0.307 e. The number of furan rings is 1. The second-order valence-corrected chi connectivity index (χ2v) is 6.09. The van der Waals surface area contributed by atoms with Crippen molar-refractivity contribution in [3.63, 3.8) is 0 Å². The van der Waals surface area contributed by atoms with Gasteiger partial charge >= 0.3 is 5.97 Å². The highest BCUT2D eigenvalue weighted by Crippen LogP contribution is 2.20. The number of halogens is 1. The molecule has 126 valence electrons. The Morgan fingerprint density at radius 2 is 1.96 bits per heavy atom. The molecule has 0 saturated carbocycles. The van der Waals surface area contributed by atoms with Crippen LogP contribution in [0.1, 0.15) is 29.5 Å². The van der Waals surface area contributed by atoms with Gasteiger partial charge in [0.15, 0.2) is 0 Å². The Bertz CT molecular complexity index is 734. The number of hydrogen-bond acceptors (Lipinski definition) is 4. The molecule has 5 nitrogen and oxygen atoms in total. The Labute approximate surface area is 148 Å². The molecule has 1 amide bonds. The van der Waals surface area contributed by atoms with E-state index in [-0.39, 0.29) is 12.3 Å². The fraction of sp³-hybridized carbons (Fsp3) is 0.222. The molecule has 0 aliphatic rings. The predicted molar refractivity (Wildman–Crippen MR) is 94.1 cm³/mol. The molecule has 0 aliphatic heterocycles. The fourth-order valence-electron chi connectivity index (χ4n) is 2.12. The van der Waals surface area contributed by atoms with Gasteiger partial charge in [0.25, 0.3) is 0 Å². The summed E-state index contributed by atoms with van der Waals surface area (Å²) in [6.45, 7) is 1.83. The molecule has 24 heavy (non-hydrogen) atoms. The van der Waals surface area contributed by atoms with E-state index in [2.05, 4.69) is 21.2 Å². The Balaban J connectivity index is 2.09. The molecule has 2 aromatic rings. The summed E-state index contributed by atoms with van der Waals surface area (Å²) in [5.41, 5.74) is 0.819. The number of methoxy groups -OCH3 is 1. The van der Waals surface area contributed by atoms with Crippen LogP contribution in [0.4, 0.5) is 0 Å². The minimum atomic E-state index is -0.471. The van der Waals surface area contributed by atoms with Gasteiger partial charge in [0.05, 0.1) is 19.6 Å². The van der Waals surface area contributed by atoms with E-state index >= 15 is 0 Å². The SMILES string of the molecule is COC(=O)CC(NC(=O)/C=C/c1ccc(C)o1)c1ccc(Br)cc1. The number of amides is 1. The van der Waals surface area contributed by atoms with Gasteiger partial charge in [-0.1, -0.05) is 28.1 Å². The van der Waals surface area contributed by atoms with E-state index in [1.165, 1.54) is 13.2 Å². The van der Waals surface area contributed by atoms with Crippen molar-refractivity contribution in [1.82, 2.24) is 5.32 Å². The first kappa shape index (κ1) is 18.0. The number of aryl methyl sites for hydroxylation is 1. The zero-order valence-electron chi connectivity index (χ0n) is 13.4. The summed E-state index contributed by atoms with van der Waals surface area (Å²) < 4.78 is 11.0. The van der Waals surface area contributed by atoms with Gasteiger partial charge < -0.3 is 14.5 Å². The standard InChI is InChI=1S/C18H18BrNO4/c1-12-3-8-15(24-12)9-10-17(21)20-16(11-18(22)23-2)13-4-6-14(19)7-5-13/h3-10,16H,11H2,1-2H3,(H,20,21)/b10-9+. The van der Waals surface area contributed by atoms with Crippen LogP contribution in [-0.2, 0) is 14.3 Å². The second kappa shape index (κ2) is 8.49. The lowest BCUT2D eigenvalue weighted by atomic mass is 10.0. The highest BCUT2D eigenvalue weighted by atomic mass is 79.9. The summed E-state index contributed by atoms with van der Waals surface area (Å²) in [6.07, 6.45) is 3.01. The third-order valence-corrected chi connectivity index (χ3v) is 3.88. The molecular formula is C18H18BrNO4. The maximum absolute atomic E-state index is 12.1. The van der Waals surface area contributed by atoms with E-state index in [1.807, 2.05) is 37.3 Å². The normalized spacial score (nSPS) is 12.1. The van der Waals surface area contributed by atoms with Gasteiger partial charge in [-0.3, -0.25) is 9.59 Å². The van der Waals surface area contributed by atoms with Crippen LogP contribution in [0.3, 0.4) is 0 Å². The van der Waals surface area contributed by atoms with E-state index < -0.39 is 12.0 Å². The van der Waals surface area contributed by atoms with Crippen LogP contribution in [0.25, 0.3) is 6.08 Å². The minimum Gasteiger partial charge on any atom is -0.469 e. The third kappa shape index (κ3) is 5.38. The summed E-state index contributed by atoms with van der Waals surface area (Å²) in [5, 5.41) is 2.81. The molecule has 0 aliphatic carbocycles. The minimum absolute atomic E-state index is 0.0531. The van der Waals surface area contributed by atoms with E-state index in [9.17, 15) is 9.59 Å². The molecule has 0 bridgehead atoms. The summed E-state index contributed by atoms with van der Waals surface area (Å²) in [5.74, 6) is 0.652. The molecule has 2 rings (SSSR count). The van der Waals surface area contributed by atoms with Gasteiger partial charge in [0.1, 0.15) is 11.5 Å². The van der Waals surface area contributed by atoms with Crippen molar-refractivity contribution in [3.05, 3.63) is 64.0 Å². The van der Waals surface area contributed by atoms with Crippen molar-refractivity contribution in [2.75, 3.05) is 7.11 Å². The zero-order chi connectivity index (χ0) is 17.5. The van der Waals surface area contributed by atoms with Gasteiger partial charge in [-0.2, -0.15) is 0 Å². The highest BCUT2D eigenvalue weighted by molar-refractivity contribution is 9.10. The van der Waals surface area contributed by atoms with Gasteiger partial charge in [-0.05, 0) is 42.8 Å². The first-order chi connectivity index (χ1) is 11.5. The Morgan fingerprint density at radius 3 is 2.54 bits per heavy atom. The maximum Gasteiger partial charge on any atom is 0.307 e. The average Bonchev–Trinajstić information content (AvgIpc) is 2.98. The van der Waals surface area contributed by atoms with Gasteiger partial charge in [0, 0.05) is 10.5 Å². The second-order valence-electron chi connectivity index (χ2n) is 5.17. The number of nitrogens with one attached hydrogen (secondary N) is 1. The number of hydrogen-bond donors (Lipinski definition) is 1. The molecule has 0 spiro atoms. The summed E-state index contributed by atoms with van der Waals surface area (Å²) >= 11 is 3.36. The van der Waals surface area contributed by atoms with Gasteiger partial charge in [-0.25, -0.2) is 0 Å². The summed E-state index contributed by atoms with van der Waals surface area (Å²) in [4.78, 5) is 23.8. The van der Waals surface area contributed by atoms with Crippen LogP contribution in [-0.4, -0.2) is 19.0 Å². The number of benzene rings is 1.